The van der Waals surface area contributed by atoms with E-state index in [1.165, 1.54) is 6.07 Å². The molecule has 0 aliphatic rings. The van der Waals surface area contributed by atoms with Crippen LogP contribution in [0.1, 0.15) is 9.67 Å². The van der Waals surface area contributed by atoms with Crippen molar-refractivity contribution < 1.29 is 34.4 Å². The third-order valence-corrected chi connectivity index (χ3v) is 6.35. The predicted molar refractivity (Wildman–Crippen MR) is 70.5 cm³/mol. The molecule has 2 aromatic rings. The van der Waals surface area contributed by atoms with Crippen molar-refractivity contribution in [3.05, 3.63) is 56.3 Å². The zero-order chi connectivity index (χ0) is 13.7. The van der Waals surface area contributed by atoms with Crippen LogP contribution in [-0.2, 0) is 9.84 Å². The smallest absolute Gasteiger partial charge is 0.274 e. The summed E-state index contributed by atoms with van der Waals surface area (Å²) in [7, 11) is -4.02. The maximum atomic E-state index is 11.7. The normalized spacial score (nSPS) is 10.5. The molecule has 0 unspecified atom stereocenters. The molecular formula is C13H8IO3S2+. The first-order valence-corrected chi connectivity index (χ1v) is 9.65. The lowest BCUT2D eigenvalue weighted by Crippen LogP contribution is -3.59. The molecule has 0 saturated carbocycles. The molecule has 0 atom stereocenters. The SMILES string of the molecule is O=C(c1cccs1)S(=O)(=O)C#C[I+]c1ccccc1. The molecule has 1 aromatic heterocycles. The van der Waals surface area contributed by atoms with Crippen molar-refractivity contribution in [2.24, 2.45) is 0 Å². The predicted octanol–water partition coefficient (Wildman–Crippen LogP) is -0.820. The van der Waals surface area contributed by atoms with Gasteiger partial charge in [-0.25, -0.2) is 8.42 Å². The Hall–Kier alpha value is -1.17. The standard InChI is InChI=1S/C13H8IO3S2/c15-13(12-7-4-9-18-12)19(16,17)10-8-14-11-5-2-1-3-6-11/h1-7,9H/q+1. The highest BCUT2D eigenvalue weighted by molar-refractivity contribution is 8.10. The van der Waals surface area contributed by atoms with Gasteiger partial charge in [-0.15, -0.1) is 11.3 Å². The van der Waals surface area contributed by atoms with E-state index in [4.69, 9.17) is 0 Å². The van der Waals surface area contributed by atoms with Gasteiger partial charge >= 0.3 is 21.2 Å². The van der Waals surface area contributed by atoms with Crippen LogP contribution in [0.25, 0.3) is 0 Å². The lowest BCUT2D eigenvalue weighted by atomic mass is 10.4. The van der Waals surface area contributed by atoms with Crippen molar-refractivity contribution >= 4 is 26.3 Å². The van der Waals surface area contributed by atoms with E-state index in [-0.39, 0.29) is 4.88 Å². The molecule has 1 heterocycles. The Morgan fingerprint density at radius 3 is 2.47 bits per heavy atom. The van der Waals surface area contributed by atoms with E-state index in [0.717, 1.165) is 14.9 Å². The van der Waals surface area contributed by atoms with E-state index in [9.17, 15) is 13.2 Å². The summed E-state index contributed by atoms with van der Waals surface area (Å²) in [6.07, 6.45) is 0. The highest BCUT2D eigenvalue weighted by atomic mass is 127. The van der Waals surface area contributed by atoms with Gasteiger partial charge in [-0.2, -0.15) is 0 Å². The fraction of sp³-hybridized carbons (Fsp3) is 0. The number of carbonyl (C=O) groups is 1. The van der Waals surface area contributed by atoms with E-state index in [1.807, 2.05) is 30.3 Å². The second-order valence-electron chi connectivity index (χ2n) is 3.35. The molecule has 0 saturated heterocycles. The molecule has 6 heteroatoms. The molecule has 0 aliphatic carbocycles. The molecule has 1 aromatic carbocycles. The molecule has 2 rings (SSSR count). The van der Waals surface area contributed by atoms with Crippen LogP contribution in [-0.4, -0.2) is 13.5 Å². The second-order valence-corrected chi connectivity index (χ2v) is 8.21. The minimum Gasteiger partial charge on any atom is -0.274 e. The fourth-order valence-electron chi connectivity index (χ4n) is 1.18. The topological polar surface area (TPSA) is 51.2 Å². The molecule has 3 nitrogen and oxygen atoms in total. The van der Waals surface area contributed by atoms with Gasteiger partial charge in [0.25, 0.3) is 15.0 Å². The van der Waals surface area contributed by atoms with Gasteiger partial charge in [-0.05, 0) is 23.6 Å². The average molecular weight is 403 g/mol. The van der Waals surface area contributed by atoms with Gasteiger partial charge in [-0.1, -0.05) is 24.3 Å². The van der Waals surface area contributed by atoms with Crippen LogP contribution < -0.4 is 21.2 Å². The summed E-state index contributed by atoms with van der Waals surface area (Å²) >= 11 is 0.388. The summed E-state index contributed by atoms with van der Waals surface area (Å²) in [6, 6.07) is 12.6. The molecular weight excluding hydrogens is 395 g/mol. The molecule has 0 fully saturated rings. The maximum absolute atomic E-state index is 11.7. The summed E-state index contributed by atoms with van der Waals surface area (Å²) in [5.74, 6) is 0. The monoisotopic (exact) mass is 403 g/mol. The highest BCUT2D eigenvalue weighted by Gasteiger charge is 2.23. The molecule has 0 N–H and O–H groups in total. The van der Waals surface area contributed by atoms with Gasteiger partial charge in [0, 0.05) is 0 Å². The summed E-state index contributed by atoms with van der Waals surface area (Å²) in [5.41, 5.74) is 0. The molecule has 0 amide bonds. The first-order chi connectivity index (χ1) is 9.09. The number of carbonyl (C=O) groups excluding carboxylic acids is 1. The Labute approximate surface area is 125 Å². The Morgan fingerprint density at radius 2 is 1.84 bits per heavy atom. The number of hydrogen-bond donors (Lipinski definition) is 0. The molecule has 19 heavy (non-hydrogen) atoms. The number of rotatable bonds is 2. The van der Waals surface area contributed by atoms with Crippen LogP contribution >= 0.6 is 11.3 Å². The summed E-state index contributed by atoms with van der Waals surface area (Å²) in [4.78, 5) is 11.9. The van der Waals surface area contributed by atoms with Crippen LogP contribution in [0.4, 0.5) is 0 Å². The summed E-state index contributed by atoms with van der Waals surface area (Å²) < 4.78 is 27.1. The minimum absolute atomic E-state index is 0.201. The van der Waals surface area contributed by atoms with Crippen LogP contribution in [0.5, 0.6) is 0 Å². The third kappa shape index (κ3) is 3.89. The second kappa shape index (κ2) is 6.32. The lowest BCUT2D eigenvalue weighted by molar-refractivity contribution is -0.535. The molecule has 0 radical (unpaired) electrons. The zero-order valence-electron chi connectivity index (χ0n) is 9.54. The highest BCUT2D eigenvalue weighted by Crippen LogP contribution is 2.12. The molecule has 96 valence electrons. The maximum Gasteiger partial charge on any atom is 0.420 e. The van der Waals surface area contributed by atoms with Crippen molar-refractivity contribution in [3.8, 4) is 9.18 Å². The van der Waals surface area contributed by atoms with Gasteiger partial charge in [0.15, 0.2) is 0 Å². The summed E-state index contributed by atoms with van der Waals surface area (Å²) in [6.45, 7) is 0. The van der Waals surface area contributed by atoms with Crippen molar-refractivity contribution in [2.45, 2.75) is 0 Å². The Balaban J connectivity index is 2.13. The number of thiophene rings is 1. The molecule has 0 bridgehead atoms. The first kappa shape index (κ1) is 14.2. The first-order valence-electron chi connectivity index (χ1n) is 5.13. The van der Waals surface area contributed by atoms with Gasteiger partial charge in [0.2, 0.25) is 7.50 Å². The Bertz CT molecular complexity index is 723. The zero-order valence-corrected chi connectivity index (χ0v) is 13.3. The van der Waals surface area contributed by atoms with Crippen LogP contribution in [0.2, 0.25) is 0 Å². The number of benzene rings is 1. The Kier molecular flexibility index (Phi) is 4.74. The van der Waals surface area contributed by atoms with Crippen molar-refractivity contribution in [1.82, 2.24) is 0 Å². The van der Waals surface area contributed by atoms with E-state index in [1.54, 1.807) is 11.4 Å². The van der Waals surface area contributed by atoms with Crippen molar-refractivity contribution in [1.29, 1.82) is 0 Å². The molecule has 0 spiro atoms. The number of hydrogen-bond acceptors (Lipinski definition) is 4. The average Bonchev–Trinajstić information content (AvgIpc) is 2.92. The van der Waals surface area contributed by atoms with E-state index in [2.05, 4.69) is 9.18 Å². The van der Waals surface area contributed by atoms with Crippen molar-refractivity contribution in [2.75, 3.05) is 0 Å². The van der Waals surface area contributed by atoms with Crippen LogP contribution in [0, 0.1) is 12.7 Å². The fourth-order valence-corrected chi connectivity index (χ4v) is 5.06. The Morgan fingerprint density at radius 1 is 1.11 bits per heavy atom. The number of halogens is 1. The van der Waals surface area contributed by atoms with Gasteiger partial charge in [-0.3, -0.25) is 4.79 Å². The van der Waals surface area contributed by atoms with Gasteiger partial charge in [0.1, 0.15) is 0 Å². The largest absolute Gasteiger partial charge is 0.420 e. The van der Waals surface area contributed by atoms with Gasteiger partial charge < -0.3 is 0 Å². The van der Waals surface area contributed by atoms with Crippen LogP contribution in [0.3, 0.4) is 0 Å². The summed E-state index contributed by atoms with van der Waals surface area (Å²) in [5, 5.41) is 2.87. The minimum atomic E-state index is -4.02. The molecule has 0 aliphatic heterocycles. The lowest BCUT2D eigenvalue weighted by Gasteiger charge is -1.89. The third-order valence-electron chi connectivity index (χ3n) is 2.03. The quantitative estimate of drug-likeness (QED) is 0.487. The van der Waals surface area contributed by atoms with Crippen molar-refractivity contribution in [3.63, 3.8) is 0 Å². The van der Waals surface area contributed by atoms with E-state index in [0.29, 0.717) is 0 Å². The van der Waals surface area contributed by atoms with E-state index < -0.39 is 36.2 Å². The van der Waals surface area contributed by atoms with Gasteiger partial charge in [0.05, 0.1) is 10.1 Å². The number of sulfone groups is 1. The van der Waals surface area contributed by atoms with E-state index >= 15 is 0 Å². The van der Waals surface area contributed by atoms with Crippen LogP contribution in [0.15, 0.2) is 47.8 Å².